The first kappa shape index (κ1) is 12.9. The van der Waals surface area contributed by atoms with Crippen molar-refractivity contribution in [2.24, 2.45) is 11.8 Å². The third-order valence-electron chi connectivity index (χ3n) is 3.49. The topological polar surface area (TPSA) is 0 Å². The van der Waals surface area contributed by atoms with Gasteiger partial charge in [0.25, 0.3) is 0 Å². The maximum Gasteiger partial charge on any atom is 0.0340 e. The molecule has 0 aliphatic heterocycles. The van der Waals surface area contributed by atoms with Crippen molar-refractivity contribution in [3.8, 4) is 0 Å². The minimum absolute atomic E-state index is 0.498. The summed E-state index contributed by atoms with van der Waals surface area (Å²) in [6.07, 6.45) is 18.0. The van der Waals surface area contributed by atoms with Crippen LogP contribution in [0.4, 0.5) is 0 Å². The van der Waals surface area contributed by atoms with Gasteiger partial charge in [0, 0.05) is 5.92 Å². The van der Waals surface area contributed by atoms with E-state index in [-0.39, 0.29) is 0 Å². The maximum absolute atomic E-state index is 2.36. The summed E-state index contributed by atoms with van der Waals surface area (Å²) in [6, 6.07) is 0. The Balaban J connectivity index is 0.000000574. The molecule has 3 aliphatic carbocycles. The maximum atomic E-state index is 2.36. The summed E-state index contributed by atoms with van der Waals surface area (Å²) in [4.78, 5) is 0. The molecule has 0 aromatic heterocycles. The highest BCUT2D eigenvalue weighted by Gasteiger charge is 2.26. The fourth-order valence-electron chi connectivity index (χ4n) is 2.58. The van der Waals surface area contributed by atoms with Gasteiger partial charge in [0.1, 0.15) is 0 Å². The van der Waals surface area contributed by atoms with Gasteiger partial charge in [-0.1, -0.05) is 76.3 Å². The summed E-state index contributed by atoms with van der Waals surface area (Å²) in [7, 11) is 0. The van der Waals surface area contributed by atoms with Crippen LogP contribution >= 0.6 is 0 Å². The molecular formula is C18H22. The van der Waals surface area contributed by atoms with Gasteiger partial charge in [0.15, 0.2) is 0 Å². The van der Waals surface area contributed by atoms with E-state index < -0.39 is 0 Å². The third-order valence-corrected chi connectivity index (χ3v) is 3.49. The van der Waals surface area contributed by atoms with E-state index in [1.807, 2.05) is 13.8 Å². The van der Waals surface area contributed by atoms with Gasteiger partial charge in [-0.25, -0.2) is 0 Å². The predicted octanol–water partition coefficient (Wildman–Crippen LogP) is 5.14. The third kappa shape index (κ3) is 2.20. The molecule has 0 fully saturated rings. The smallest absolute Gasteiger partial charge is 0.0340 e. The van der Waals surface area contributed by atoms with Crippen LogP contribution in [0.3, 0.4) is 0 Å². The standard InChI is InChI=1S/C16H16.C2H6/c1-11(2)15-9-13-7-3-5-12-6-4-8-14(10-15)16(12)13;1-2/h3-11,16H,1-2H3;1-2H3. The van der Waals surface area contributed by atoms with E-state index in [1.54, 1.807) is 0 Å². The largest absolute Gasteiger partial charge is 0.0683 e. The van der Waals surface area contributed by atoms with E-state index in [9.17, 15) is 0 Å². The summed E-state index contributed by atoms with van der Waals surface area (Å²) in [5.74, 6) is 1.10. The molecule has 0 nitrogen and oxygen atoms in total. The van der Waals surface area contributed by atoms with E-state index in [0.717, 1.165) is 0 Å². The van der Waals surface area contributed by atoms with Gasteiger partial charge in [-0.2, -0.15) is 0 Å². The fourth-order valence-corrected chi connectivity index (χ4v) is 2.58. The molecule has 0 radical (unpaired) electrons. The molecule has 0 saturated heterocycles. The zero-order chi connectivity index (χ0) is 13.1. The minimum Gasteiger partial charge on any atom is -0.0683 e. The van der Waals surface area contributed by atoms with Gasteiger partial charge in [0.05, 0.1) is 0 Å². The molecule has 0 aromatic carbocycles. The van der Waals surface area contributed by atoms with Crippen molar-refractivity contribution < 1.29 is 0 Å². The van der Waals surface area contributed by atoms with Crippen LogP contribution in [-0.2, 0) is 0 Å². The lowest BCUT2D eigenvalue weighted by Gasteiger charge is -2.30. The summed E-state index contributed by atoms with van der Waals surface area (Å²) in [5.41, 5.74) is 5.75. The highest BCUT2D eigenvalue weighted by atomic mass is 14.3. The van der Waals surface area contributed by atoms with Gasteiger partial charge in [-0.05, 0) is 28.2 Å². The number of rotatable bonds is 1. The number of hydrogen-bond donors (Lipinski definition) is 0. The first-order valence-corrected chi connectivity index (χ1v) is 6.95. The first-order valence-electron chi connectivity index (χ1n) is 6.95. The Morgan fingerprint density at radius 1 is 0.833 bits per heavy atom. The Hall–Kier alpha value is -1.56. The lowest BCUT2D eigenvalue weighted by molar-refractivity contribution is 0.764. The first-order chi connectivity index (χ1) is 8.75. The second-order valence-corrected chi connectivity index (χ2v) is 4.93. The van der Waals surface area contributed by atoms with Crippen molar-refractivity contribution in [1.29, 1.82) is 0 Å². The summed E-state index contributed by atoms with van der Waals surface area (Å²) >= 11 is 0. The van der Waals surface area contributed by atoms with Gasteiger partial charge in [-0.15, -0.1) is 0 Å². The molecule has 0 aromatic rings. The van der Waals surface area contributed by atoms with Crippen molar-refractivity contribution in [2.45, 2.75) is 27.7 Å². The molecule has 0 heterocycles. The summed E-state index contributed by atoms with van der Waals surface area (Å²) < 4.78 is 0. The Morgan fingerprint density at radius 3 is 2.11 bits per heavy atom. The second kappa shape index (κ2) is 5.39. The average molecular weight is 238 g/mol. The molecule has 1 atom stereocenters. The predicted molar refractivity (Wildman–Crippen MR) is 80.3 cm³/mol. The van der Waals surface area contributed by atoms with E-state index >= 15 is 0 Å². The zero-order valence-electron chi connectivity index (χ0n) is 11.8. The molecule has 1 unspecified atom stereocenters. The zero-order valence-corrected chi connectivity index (χ0v) is 11.8. The lowest BCUT2D eigenvalue weighted by atomic mass is 9.73. The van der Waals surface area contributed by atoms with Crippen LogP contribution in [0.5, 0.6) is 0 Å². The van der Waals surface area contributed by atoms with E-state index in [0.29, 0.717) is 11.8 Å². The Morgan fingerprint density at radius 2 is 1.44 bits per heavy atom. The van der Waals surface area contributed by atoms with E-state index in [4.69, 9.17) is 0 Å². The molecule has 0 N–H and O–H groups in total. The van der Waals surface area contributed by atoms with Crippen molar-refractivity contribution in [1.82, 2.24) is 0 Å². The van der Waals surface area contributed by atoms with E-state index in [1.165, 1.54) is 22.3 Å². The van der Waals surface area contributed by atoms with Crippen LogP contribution in [0, 0.1) is 11.8 Å². The average Bonchev–Trinajstić information content (AvgIpc) is 2.41. The number of allylic oxidation sites excluding steroid dienone is 12. The molecule has 3 aliphatic rings. The quantitative estimate of drug-likeness (QED) is 0.593. The molecule has 0 amide bonds. The summed E-state index contributed by atoms with van der Waals surface area (Å²) in [6.45, 7) is 8.51. The lowest BCUT2D eigenvalue weighted by Crippen LogP contribution is -2.16. The second-order valence-electron chi connectivity index (χ2n) is 4.93. The molecule has 18 heavy (non-hydrogen) atoms. The molecule has 94 valence electrons. The normalized spacial score (nSPS) is 23.3. The molecule has 0 saturated carbocycles. The molecule has 0 heteroatoms. The van der Waals surface area contributed by atoms with Crippen LogP contribution in [0.1, 0.15) is 27.7 Å². The van der Waals surface area contributed by atoms with Gasteiger partial charge in [-0.3, -0.25) is 0 Å². The molecule has 0 bridgehead atoms. The van der Waals surface area contributed by atoms with Crippen molar-refractivity contribution in [2.75, 3.05) is 0 Å². The minimum atomic E-state index is 0.498. The van der Waals surface area contributed by atoms with Crippen LogP contribution in [-0.4, -0.2) is 0 Å². The van der Waals surface area contributed by atoms with Gasteiger partial charge >= 0.3 is 0 Å². The Labute approximate surface area is 111 Å². The Kier molecular flexibility index (Phi) is 3.86. The molecule has 0 spiro atoms. The van der Waals surface area contributed by atoms with Crippen molar-refractivity contribution in [3.05, 3.63) is 70.9 Å². The van der Waals surface area contributed by atoms with Crippen LogP contribution < -0.4 is 0 Å². The monoisotopic (exact) mass is 238 g/mol. The highest BCUT2D eigenvalue weighted by molar-refractivity contribution is 5.59. The van der Waals surface area contributed by atoms with Crippen LogP contribution in [0.15, 0.2) is 70.9 Å². The van der Waals surface area contributed by atoms with Crippen molar-refractivity contribution in [3.63, 3.8) is 0 Å². The van der Waals surface area contributed by atoms with Crippen LogP contribution in [0.25, 0.3) is 0 Å². The highest BCUT2D eigenvalue weighted by Crippen LogP contribution is 2.40. The Bertz CT molecular complexity index is 500. The van der Waals surface area contributed by atoms with Crippen molar-refractivity contribution >= 4 is 0 Å². The van der Waals surface area contributed by atoms with Gasteiger partial charge < -0.3 is 0 Å². The summed E-state index contributed by atoms with van der Waals surface area (Å²) in [5, 5.41) is 0. The molecule has 3 rings (SSSR count). The SMILES string of the molecule is CC.CC(C)C1=CC2=CC=CC3=CC=CC(=C1)C32. The molecular weight excluding hydrogens is 216 g/mol. The van der Waals surface area contributed by atoms with Crippen LogP contribution in [0.2, 0.25) is 0 Å². The van der Waals surface area contributed by atoms with E-state index in [2.05, 4.69) is 62.5 Å². The fraction of sp³-hybridized carbons (Fsp3) is 0.333. The van der Waals surface area contributed by atoms with Gasteiger partial charge in [0.2, 0.25) is 0 Å². The number of hydrogen-bond acceptors (Lipinski definition) is 0.